The molecule has 218 valence electrons. The first-order valence-electron chi connectivity index (χ1n) is 12.9. The van der Waals surface area contributed by atoms with Gasteiger partial charge in [0.15, 0.2) is 6.61 Å². The van der Waals surface area contributed by atoms with Crippen LogP contribution in [0.15, 0.2) is 81.0 Å². The zero-order valence-electron chi connectivity index (χ0n) is 22.2. The number of ether oxygens (including phenoxy) is 1. The van der Waals surface area contributed by atoms with Crippen LogP contribution in [0, 0.1) is 23.0 Å². The van der Waals surface area contributed by atoms with Gasteiger partial charge in [-0.3, -0.25) is 29.3 Å². The van der Waals surface area contributed by atoms with E-state index in [1.807, 2.05) is 25.1 Å². The number of thiazole rings is 1. The van der Waals surface area contributed by atoms with Crippen LogP contribution in [-0.2, 0) is 14.4 Å². The second kappa shape index (κ2) is 11.4. The normalized spacial score (nSPS) is 19.1. The van der Waals surface area contributed by atoms with Crippen LogP contribution in [0.5, 0.6) is 5.75 Å². The summed E-state index contributed by atoms with van der Waals surface area (Å²) in [6.07, 6.45) is 0. The number of hydrogen-bond acceptors (Lipinski definition) is 9. The standard InChI is InChI=1S/C29H21BrN4O7S2/c1-14-3-2-4-16(11-14)31-21(35)13-41-20-10-5-15(30)12-19(20)22-23-25(42-26-24(22)43-29(38)32-26)28(37)33(27(23)36)17-6-8-18(9-7-17)34(39)40/h2-12,22-23,25H,13H2,1H3,(H,31,35)(H,32,38)/t22-,23?,25?/m1/s1. The minimum Gasteiger partial charge on any atom is -0.483 e. The fourth-order valence-corrected chi connectivity index (χ4v) is 8.17. The van der Waals surface area contributed by atoms with Gasteiger partial charge in [0.1, 0.15) is 11.0 Å². The van der Waals surface area contributed by atoms with Gasteiger partial charge in [0.25, 0.3) is 11.6 Å². The number of halogens is 1. The largest absolute Gasteiger partial charge is 0.483 e. The number of nitrogens with one attached hydrogen (secondary N) is 2. The first-order valence-corrected chi connectivity index (χ1v) is 15.4. The predicted octanol–water partition coefficient (Wildman–Crippen LogP) is 5.23. The smallest absolute Gasteiger partial charge is 0.305 e. The van der Waals surface area contributed by atoms with Crippen LogP contribution in [0.2, 0.25) is 0 Å². The van der Waals surface area contributed by atoms with Crippen molar-refractivity contribution >= 4 is 73.8 Å². The van der Waals surface area contributed by atoms with Crippen molar-refractivity contribution in [3.05, 3.63) is 107 Å². The van der Waals surface area contributed by atoms with Crippen molar-refractivity contribution in [3.8, 4) is 5.75 Å². The van der Waals surface area contributed by atoms with Gasteiger partial charge in [-0.25, -0.2) is 4.90 Å². The number of nitro benzene ring substituents is 1. The van der Waals surface area contributed by atoms with E-state index in [9.17, 15) is 29.3 Å². The maximum Gasteiger partial charge on any atom is 0.305 e. The number of carbonyl (C=O) groups is 3. The van der Waals surface area contributed by atoms with E-state index in [1.165, 1.54) is 24.3 Å². The van der Waals surface area contributed by atoms with Crippen molar-refractivity contribution in [1.29, 1.82) is 0 Å². The van der Waals surface area contributed by atoms with Gasteiger partial charge >= 0.3 is 4.87 Å². The Kier molecular flexibility index (Phi) is 7.66. The molecule has 1 fully saturated rings. The molecule has 11 nitrogen and oxygen atoms in total. The molecule has 6 rings (SSSR count). The number of amides is 3. The fraction of sp³-hybridized carbons (Fsp3) is 0.172. The summed E-state index contributed by atoms with van der Waals surface area (Å²) in [5.74, 6) is -2.73. The number of aromatic nitrogens is 1. The van der Waals surface area contributed by atoms with E-state index in [0.717, 1.165) is 33.6 Å². The van der Waals surface area contributed by atoms with E-state index in [-0.39, 0.29) is 28.8 Å². The van der Waals surface area contributed by atoms with Crippen molar-refractivity contribution in [2.24, 2.45) is 5.92 Å². The third kappa shape index (κ3) is 5.48. The molecule has 2 aliphatic rings. The summed E-state index contributed by atoms with van der Waals surface area (Å²) in [6.45, 7) is 1.59. The lowest BCUT2D eigenvalue weighted by Crippen LogP contribution is -2.32. The average Bonchev–Trinajstić information content (AvgIpc) is 3.46. The van der Waals surface area contributed by atoms with Crippen LogP contribution in [0.25, 0.3) is 0 Å². The van der Waals surface area contributed by atoms with E-state index < -0.39 is 33.8 Å². The van der Waals surface area contributed by atoms with Crippen LogP contribution in [0.1, 0.15) is 21.9 Å². The van der Waals surface area contributed by atoms with E-state index in [1.54, 1.807) is 24.3 Å². The maximum atomic E-state index is 14.0. The van der Waals surface area contributed by atoms with Crippen molar-refractivity contribution in [1.82, 2.24) is 4.98 Å². The Bertz CT molecular complexity index is 1860. The van der Waals surface area contributed by atoms with Crippen LogP contribution in [0.4, 0.5) is 17.1 Å². The molecule has 4 aromatic rings. The third-order valence-electron chi connectivity index (χ3n) is 7.11. The fourth-order valence-electron chi connectivity index (χ4n) is 5.29. The number of aromatic amines is 1. The molecule has 43 heavy (non-hydrogen) atoms. The Morgan fingerprint density at radius 3 is 2.58 bits per heavy atom. The number of fused-ring (bicyclic) bond motifs is 2. The van der Waals surface area contributed by atoms with Gasteiger partial charge in [-0.05, 0) is 55.0 Å². The Balaban J connectivity index is 1.36. The number of non-ortho nitro benzene ring substituents is 1. The number of nitrogens with zero attached hydrogens (tertiary/aromatic N) is 2. The first kappa shape index (κ1) is 28.8. The van der Waals surface area contributed by atoms with Gasteiger partial charge in [-0.15, -0.1) is 0 Å². The molecular formula is C29H21BrN4O7S2. The summed E-state index contributed by atoms with van der Waals surface area (Å²) in [7, 11) is 0. The van der Waals surface area contributed by atoms with Crippen LogP contribution in [-0.4, -0.2) is 39.5 Å². The number of H-pyrrole nitrogens is 1. The minimum atomic E-state index is -0.913. The molecule has 3 aromatic carbocycles. The van der Waals surface area contributed by atoms with Crippen molar-refractivity contribution in [2.45, 2.75) is 23.1 Å². The molecular weight excluding hydrogens is 660 g/mol. The Morgan fingerprint density at radius 1 is 1.09 bits per heavy atom. The lowest BCUT2D eigenvalue weighted by atomic mass is 9.82. The molecule has 14 heteroatoms. The zero-order valence-corrected chi connectivity index (χ0v) is 25.5. The molecule has 3 heterocycles. The van der Waals surface area contributed by atoms with E-state index >= 15 is 0 Å². The summed E-state index contributed by atoms with van der Waals surface area (Å²) in [6, 6.07) is 17.7. The number of anilines is 2. The summed E-state index contributed by atoms with van der Waals surface area (Å²) in [5.41, 5.74) is 2.17. The first-order chi connectivity index (χ1) is 20.6. The summed E-state index contributed by atoms with van der Waals surface area (Å²) in [5, 5.41) is 13.5. The highest BCUT2D eigenvalue weighted by molar-refractivity contribution is 9.10. The van der Waals surface area contributed by atoms with E-state index in [4.69, 9.17) is 4.74 Å². The number of benzene rings is 3. The zero-order chi connectivity index (χ0) is 30.4. The number of imide groups is 1. The van der Waals surface area contributed by atoms with Crippen LogP contribution in [0.3, 0.4) is 0 Å². The molecule has 2 N–H and O–H groups in total. The Hall–Kier alpha value is -4.27. The average molecular weight is 682 g/mol. The van der Waals surface area contributed by atoms with E-state index in [2.05, 4.69) is 26.2 Å². The van der Waals surface area contributed by atoms with E-state index in [0.29, 0.717) is 31.4 Å². The highest BCUT2D eigenvalue weighted by Crippen LogP contribution is 2.54. The molecule has 1 aromatic heterocycles. The molecule has 0 saturated carbocycles. The lowest BCUT2D eigenvalue weighted by Gasteiger charge is -2.31. The summed E-state index contributed by atoms with van der Waals surface area (Å²) >= 11 is 5.55. The summed E-state index contributed by atoms with van der Waals surface area (Å²) in [4.78, 5) is 67.6. The number of aryl methyl sites for hydroxylation is 1. The number of hydrogen-bond donors (Lipinski definition) is 2. The highest BCUT2D eigenvalue weighted by atomic mass is 79.9. The van der Waals surface area contributed by atoms with Crippen molar-refractivity contribution in [3.63, 3.8) is 0 Å². The molecule has 3 amide bonds. The van der Waals surface area contributed by atoms with Gasteiger partial charge in [0, 0.05) is 38.7 Å². The van der Waals surface area contributed by atoms with Gasteiger partial charge in [0.05, 0.1) is 21.6 Å². The molecule has 0 aliphatic carbocycles. The number of rotatable bonds is 7. The topological polar surface area (TPSA) is 152 Å². The van der Waals surface area contributed by atoms with Gasteiger partial charge in [-0.1, -0.05) is 51.2 Å². The van der Waals surface area contributed by atoms with Crippen molar-refractivity contribution < 1.29 is 24.0 Å². The monoisotopic (exact) mass is 680 g/mol. The second-order valence-electron chi connectivity index (χ2n) is 9.92. The molecule has 2 unspecified atom stereocenters. The molecule has 3 atom stereocenters. The van der Waals surface area contributed by atoms with Gasteiger partial charge in [0.2, 0.25) is 11.8 Å². The molecule has 1 saturated heterocycles. The summed E-state index contributed by atoms with van der Waals surface area (Å²) < 4.78 is 6.66. The molecule has 0 spiro atoms. The Labute approximate surface area is 260 Å². The number of carbonyl (C=O) groups excluding carboxylic acids is 3. The van der Waals surface area contributed by atoms with Gasteiger partial charge < -0.3 is 15.0 Å². The molecule has 0 bridgehead atoms. The quantitative estimate of drug-likeness (QED) is 0.153. The lowest BCUT2D eigenvalue weighted by molar-refractivity contribution is -0.384. The van der Waals surface area contributed by atoms with Crippen LogP contribution >= 0.6 is 39.0 Å². The predicted molar refractivity (Wildman–Crippen MR) is 165 cm³/mol. The molecule has 0 radical (unpaired) electrons. The third-order valence-corrected chi connectivity index (χ3v) is 10.0. The SMILES string of the molecule is Cc1cccc(NC(=O)COc2ccc(Br)cc2[C@H]2c3sc(=O)[nH]c3SC3C(=O)N(c4ccc([N+](=O)[O-])cc4)C(=O)C32)c1. The highest BCUT2D eigenvalue weighted by Gasteiger charge is 2.57. The second-order valence-corrected chi connectivity index (χ2v) is 13.0. The van der Waals surface area contributed by atoms with Crippen LogP contribution < -0.4 is 19.8 Å². The maximum absolute atomic E-state index is 14.0. The molecule has 2 aliphatic heterocycles. The number of thioether (sulfide) groups is 1. The number of nitro groups is 1. The van der Waals surface area contributed by atoms with Crippen molar-refractivity contribution in [2.75, 3.05) is 16.8 Å². The van der Waals surface area contributed by atoms with Gasteiger partial charge in [-0.2, -0.15) is 0 Å². The minimum absolute atomic E-state index is 0.172. The Morgan fingerprint density at radius 2 is 1.86 bits per heavy atom.